The first-order valence-electron chi connectivity index (χ1n) is 11.5. The molecule has 4 nitrogen and oxygen atoms in total. The van der Waals surface area contributed by atoms with Gasteiger partial charge in [0.15, 0.2) is 5.78 Å². The predicted octanol–water partition coefficient (Wildman–Crippen LogP) is 5.99. The molecule has 1 atom stereocenters. The lowest BCUT2D eigenvalue weighted by molar-refractivity contribution is -0.138. The van der Waals surface area contributed by atoms with Gasteiger partial charge in [-0.05, 0) is 50.0 Å². The molecule has 1 heterocycles. The van der Waals surface area contributed by atoms with Crippen LogP contribution in [0.5, 0.6) is 0 Å². The van der Waals surface area contributed by atoms with E-state index in [0.29, 0.717) is 30.8 Å². The lowest BCUT2D eigenvalue weighted by Gasteiger charge is -2.33. The molecule has 1 unspecified atom stereocenters. The number of carbonyl (C=O) groups excluding carboxylic acids is 2. The lowest BCUT2D eigenvalue weighted by atomic mass is 9.79. The third-order valence-electron chi connectivity index (χ3n) is 6.37. The van der Waals surface area contributed by atoms with E-state index in [9.17, 15) is 9.59 Å². The van der Waals surface area contributed by atoms with E-state index in [1.54, 1.807) is 6.92 Å². The third-order valence-corrected chi connectivity index (χ3v) is 6.37. The van der Waals surface area contributed by atoms with Gasteiger partial charge in [0.2, 0.25) is 0 Å². The smallest absolute Gasteiger partial charge is 0.337 e. The molecule has 0 amide bonds. The Morgan fingerprint density at radius 2 is 1.67 bits per heavy atom. The maximum absolute atomic E-state index is 13.3. The molecule has 2 aliphatic rings. The number of Topliss-reactive ketones (excluding diaryl/α,β-unsaturated/α-hetero) is 1. The van der Waals surface area contributed by atoms with Gasteiger partial charge in [0.25, 0.3) is 0 Å². The van der Waals surface area contributed by atoms with Gasteiger partial charge >= 0.3 is 5.97 Å². The first-order chi connectivity index (χ1) is 15.9. The minimum Gasteiger partial charge on any atom is -0.486 e. The summed E-state index contributed by atoms with van der Waals surface area (Å²) in [5, 5.41) is 0. The van der Waals surface area contributed by atoms with E-state index in [2.05, 4.69) is 12.1 Å². The Kier molecular flexibility index (Phi) is 6.37. The van der Waals surface area contributed by atoms with Crippen LogP contribution in [0.25, 0.3) is 5.57 Å². The van der Waals surface area contributed by atoms with E-state index in [4.69, 9.17) is 9.47 Å². The summed E-state index contributed by atoms with van der Waals surface area (Å²) in [4.78, 5) is 26.0. The second-order valence-corrected chi connectivity index (χ2v) is 8.89. The summed E-state index contributed by atoms with van der Waals surface area (Å²) in [5.74, 6) is 0.322. The Bertz CT molecular complexity index is 1160. The van der Waals surface area contributed by atoms with Gasteiger partial charge in [0, 0.05) is 24.8 Å². The van der Waals surface area contributed by atoms with Crippen LogP contribution in [0.2, 0.25) is 0 Å². The lowest BCUT2D eigenvalue weighted by Crippen LogP contribution is -2.35. The highest BCUT2D eigenvalue weighted by atomic mass is 16.5. The molecule has 0 saturated heterocycles. The fourth-order valence-electron chi connectivity index (χ4n) is 5.00. The molecule has 4 rings (SSSR count). The van der Waals surface area contributed by atoms with Crippen LogP contribution in [0.4, 0.5) is 0 Å². The van der Waals surface area contributed by atoms with Gasteiger partial charge in [-0.2, -0.15) is 0 Å². The number of ether oxygens (including phenoxy) is 2. The van der Waals surface area contributed by atoms with E-state index in [-0.39, 0.29) is 18.2 Å². The van der Waals surface area contributed by atoms with E-state index in [1.807, 2.05) is 69.3 Å². The molecular weight excluding hydrogens is 412 g/mol. The second-order valence-electron chi connectivity index (χ2n) is 8.89. The molecule has 2 aromatic carbocycles. The average molecular weight is 443 g/mol. The summed E-state index contributed by atoms with van der Waals surface area (Å²) in [6, 6.07) is 20.1. The molecule has 2 aromatic rings. The number of carbonyl (C=O) groups is 2. The largest absolute Gasteiger partial charge is 0.486 e. The highest BCUT2D eigenvalue weighted by Gasteiger charge is 2.49. The number of benzene rings is 2. The maximum Gasteiger partial charge on any atom is 0.337 e. The van der Waals surface area contributed by atoms with Crippen LogP contribution in [-0.4, -0.2) is 24.0 Å². The second kappa shape index (κ2) is 9.22. The Morgan fingerprint density at radius 3 is 2.27 bits per heavy atom. The summed E-state index contributed by atoms with van der Waals surface area (Å²) in [6.45, 7) is 7.88. The number of esters is 1. The van der Waals surface area contributed by atoms with Crippen molar-refractivity contribution in [2.75, 3.05) is 6.61 Å². The molecule has 0 aromatic heterocycles. The molecule has 0 saturated carbocycles. The summed E-state index contributed by atoms with van der Waals surface area (Å²) in [7, 11) is 0. The minimum absolute atomic E-state index is 0.0992. The monoisotopic (exact) mass is 442 g/mol. The van der Waals surface area contributed by atoms with Gasteiger partial charge in [-0.15, -0.1) is 0 Å². The Hall–Kier alpha value is -3.40. The van der Waals surface area contributed by atoms with E-state index < -0.39 is 5.60 Å². The van der Waals surface area contributed by atoms with Crippen molar-refractivity contribution in [3.8, 4) is 0 Å². The number of allylic oxidation sites excluding steroid dienone is 4. The normalized spacial score (nSPS) is 20.4. The standard InChI is InChI=1S/C29H30O4/c1-5-32-28(31)23-18-29(33-20(23)4,17-21-12-8-6-9-13-21)24-16-25(30)26(19(2)3)27(24)22-14-10-7-11-15-22/h6-15H,5,16-18H2,1-4H3. The van der Waals surface area contributed by atoms with E-state index in [1.165, 1.54) is 0 Å². The third kappa shape index (κ3) is 4.30. The fraction of sp³-hybridized carbons (Fsp3) is 0.310. The zero-order valence-corrected chi connectivity index (χ0v) is 19.7. The Labute approximate surface area is 195 Å². The molecule has 4 heteroatoms. The van der Waals surface area contributed by atoms with E-state index in [0.717, 1.165) is 33.4 Å². The van der Waals surface area contributed by atoms with Crippen LogP contribution in [-0.2, 0) is 25.5 Å². The van der Waals surface area contributed by atoms with Gasteiger partial charge in [-0.3, -0.25) is 4.79 Å². The molecule has 1 aliphatic carbocycles. The van der Waals surface area contributed by atoms with Gasteiger partial charge in [-0.25, -0.2) is 4.79 Å². The van der Waals surface area contributed by atoms with E-state index >= 15 is 0 Å². The SMILES string of the molecule is CCOC(=O)C1=C(C)OC(Cc2ccccc2)(C2=C(c3ccccc3)C(=C(C)C)C(=O)C2)C1. The van der Waals surface area contributed by atoms with Crippen LogP contribution in [0.15, 0.2) is 88.7 Å². The van der Waals surface area contributed by atoms with Crippen molar-refractivity contribution < 1.29 is 19.1 Å². The van der Waals surface area contributed by atoms with Crippen molar-refractivity contribution >= 4 is 17.3 Å². The highest BCUT2D eigenvalue weighted by Crippen LogP contribution is 2.51. The number of hydrogen-bond donors (Lipinski definition) is 0. The minimum atomic E-state index is -0.828. The van der Waals surface area contributed by atoms with Crippen molar-refractivity contribution in [2.45, 2.75) is 52.6 Å². The predicted molar refractivity (Wildman–Crippen MR) is 129 cm³/mol. The first-order valence-corrected chi connectivity index (χ1v) is 11.5. The fourth-order valence-corrected chi connectivity index (χ4v) is 5.00. The quantitative estimate of drug-likeness (QED) is 0.407. The molecule has 0 N–H and O–H groups in total. The average Bonchev–Trinajstić information content (AvgIpc) is 3.33. The topological polar surface area (TPSA) is 52.6 Å². The zero-order chi connectivity index (χ0) is 23.6. The van der Waals surface area contributed by atoms with Crippen molar-refractivity contribution in [1.82, 2.24) is 0 Å². The number of hydrogen-bond acceptors (Lipinski definition) is 4. The molecular formula is C29H30O4. The van der Waals surface area contributed by atoms with Crippen molar-refractivity contribution in [2.24, 2.45) is 0 Å². The summed E-state index contributed by atoms with van der Waals surface area (Å²) in [6.07, 6.45) is 1.21. The molecule has 0 radical (unpaired) electrons. The van der Waals surface area contributed by atoms with Crippen LogP contribution < -0.4 is 0 Å². The van der Waals surface area contributed by atoms with Crippen LogP contribution >= 0.6 is 0 Å². The van der Waals surface area contributed by atoms with Crippen molar-refractivity contribution in [3.05, 3.63) is 99.8 Å². The summed E-state index contributed by atoms with van der Waals surface area (Å²) < 4.78 is 11.9. The molecule has 0 bridgehead atoms. The molecule has 170 valence electrons. The molecule has 33 heavy (non-hydrogen) atoms. The zero-order valence-electron chi connectivity index (χ0n) is 19.7. The summed E-state index contributed by atoms with van der Waals surface area (Å²) in [5.41, 5.74) is 5.43. The van der Waals surface area contributed by atoms with Crippen LogP contribution in [0.1, 0.15) is 51.7 Å². The first kappa shape index (κ1) is 22.8. The number of rotatable bonds is 6. The molecule has 0 fully saturated rings. The van der Waals surface area contributed by atoms with Gasteiger partial charge in [0.05, 0.1) is 12.2 Å². The van der Waals surface area contributed by atoms with Gasteiger partial charge in [0.1, 0.15) is 11.4 Å². The highest BCUT2D eigenvalue weighted by molar-refractivity contribution is 6.17. The Balaban J connectivity index is 1.92. The maximum atomic E-state index is 13.3. The van der Waals surface area contributed by atoms with Gasteiger partial charge in [-0.1, -0.05) is 66.2 Å². The van der Waals surface area contributed by atoms with Crippen molar-refractivity contribution in [1.29, 1.82) is 0 Å². The van der Waals surface area contributed by atoms with Crippen LogP contribution in [0, 0.1) is 0 Å². The molecule has 1 aliphatic heterocycles. The molecule has 0 spiro atoms. The number of ketones is 1. The van der Waals surface area contributed by atoms with Crippen molar-refractivity contribution in [3.63, 3.8) is 0 Å². The van der Waals surface area contributed by atoms with Gasteiger partial charge < -0.3 is 9.47 Å². The van der Waals surface area contributed by atoms with Crippen LogP contribution in [0.3, 0.4) is 0 Å². The summed E-state index contributed by atoms with van der Waals surface area (Å²) >= 11 is 0. The Morgan fingerprint density at radius 1 is 1.03 bits per heavy atom.